The normalized spacial score (nSPS) is 12.1. The summed E-state index contributed by atoms with van der Waals surface area (Å²) in [7, 11) is 0. The summed E-state index contributed by atoms with van der Waals surface area (Å²) >= 11 is 1.72. The molecule has 2 rings (SSSR count). The molecule has 0 bridgehead atoms. The number of thiophene rings is 1. The molecule has 0 saturated heterocycles. The fraction of sp³-hybridized carbons (Fsp3) is 0.231. The van der Waals surface area contributed by atoms with E-state index in [-0.39, 0.29) is 11.7 Å². The van der Waals surface area contributed by atoms with Gasteiger partial charge in [0.1, 0.15) is 5.82 Å². The monoisotopic (exact) mass is 262 g/mol. The number of carboxylic acid groups (broad SMARTS) is 1. The van der Waals surface area contributed by atoms with Crippen LogP contribution in [0.5, 0.6) is 0 Å². The lowest BCUT2D eigenvalue weighted by Gasteiger charge is -2.13. The third kappa shape index (κ3) is 2.87. The molecule has 4 nitrogen and oxygen atoms in total. The van der Waals surface area contributed by atoms with Gasteiger partial charge in [0.15, 0.2) is 5.69 Å². The van der Waals surface area contributed by atoms with Crippen LogP contribution in [0.25, 0.3) is 0 Å². The lowest BCUT2D eigenvalue weighted by molar-refractivity contribution is 0.0690. The molecule has 1 atom stereocenters. The average Bonchev–Trinajstić information content (AvgIpc) is 2.76. The van der Waals surface area contributed by atoms with Crippen molar-refractivity contribution < 1.29 is 9.90 Å². The first-order valence-corrected chi connectivity index (χ1v) is 6.41. The Morgan fingerprint density at radius 2 is 2.17 bits per heavy atom. The summed E-state index contributed by atoms with van der Waals surface area (Å²) in [5, 5.41) is 12.1. The van der Waals surface area contributed by atoms with Gasteiger partial charge in [0.05, 0.1) is 6.04 Å². The molecule has 0 aliphatic carbocycles. The maximum atomic E-state index is 10.8. The predicted molar refractivity (Wildman–Crippen MR) is 72.3 cm³/mol. The van der Waals surface area contributed by atoms with Crippen LogP contribution in [-0.2, 0) is 0 Å². The topological polar surface area (TPSA) is 62.2 Å². The zero-order chi connectivity index (χ0) is 13.1. The summed E-state index contributed by atoms with van der Waals surface area (Å²) in [6, 6.07) is 9.18. The van der Waals surface area contributed by atoms with Gasteiger partial charge < -0.3 is 10.4 Å². The first-order chi connectivity index (χ1) is 8.56. The molecular weight excluding hydrogens is 248 g/mol. The number of aromatic carboxylic acids is 1. The van der Waals surface area contributed by atoms with Crippen molar-refractivity contribution in [3.8, 4) is 0 Å². The van der Waals surface area contributed by atoms with Crippen LogP contribution in [0, 0.1) is 6.92 Å². The highest BCUT2D eigenvalue weighted by Gasteiger charge is 2.10. The van der Waals surface area contributed by atoms with Crippen LogP contribution < -0.4 is 5.32 Å². The Morgan fingerprint density at radius 1 is 1.39 bits per heavy atom. The molecule has 0 aliphatic heterocycles. The number of carbonyl (C=O) groups is 1. The summed E-state index contributed by atoms with van der Waals surface area (Å²) in [5.74, 6) is -0.438. The van der Waals surface area contributed by atoms with Gasteiger partial charge >= 0.3 is 5.97 Å². The van der Waals surface area contributed by atoms with Crippen LogP contribution in [-0.4, -0.2) is 16.1 Å². The van der Waals surface area contributed by atoms with Crippen LogP contribution in [0.4, 0.5) is 5.82 Å². The number of pyridine rings is 1. The van der Waals surface area contributed by atoms with Gasteiger partial charge in [-0.3, -0.25) is 0 Å². The Morgan fingerprint density at radius 3 is 2.78 bits per heavy atom. The van der Waals surface area contributed by atoms with Gasteiger partial charge in [-0.15, -0.1) is 11.3 Å². The van der Waals surface area contributed by atoms with E-state index in [9.17, 15) is 4.79 Å². The molecule has 2 aromatic rings. The van der Waals surface area contributed by atoms with E-state index in [1.54, 1.807) is 23.5 Å². The van der Waals surface area contributed by atoms with E-state index in [1.807, 2.05) is 6.92 Å². The fourth-order valence-corrected chi connectivity index (χ4v) is 2.49. The maximum absolute atomic E-state index is 10.8. The Labute approximate surface area is 109 Å². The smallest absolute Gasteiger partial charge is 0.354 e. The number of carboxylic acids is 1. The van der Waals surface area contributed by atoms with Crippen molar-refractivity contribution in [2.75, 3.05) is 5.32 Å². The van der Waals surface area contributed by atoms with Crippen LogP contribution in [0.1, 0.15) is 33.2 Å². The van der Waals surface area contributed by atoms with Crippen LogP contribution in [0.2, 0.25) is 0 Å². The van der Waals surface area contributed by atoms with Gasteiger partial charge in [-0.25, -0.2) is 9.78 Å². The molecule has 18 heavy (non-hydrogen) atoms. The van der Waals surface area contributed by atoms with Crippen molar-refractivity contribution in [3.05, 3.63) is 45.8 Å². The third-order valence-corrected chi connectivity index (χ3v) is 3.70. The maximum Gasteiger partial charge on any atom is 0.354 e. The van der Waals surface area contributed by atoms with Gasteiger partial charge in [-0.1, -0.05) is 6.07 Å². The number of aryl methyl sites for hydroxylation is 1. The second kappa shape index (κ2) is 5.18. The molecule has 2 heterocycles. The van der Waals surface area contributed by atoms with Crippen LogP contribution in [0.3, 0.4) is 0 Å². The fourth-order valence-electron chi connectivity index (χ4n) is 1.61. The summed E-state index contributed by atoms with van der Waals surface area (Å²) < 4.78 is 0. The standard InChI is InChI=1S/C13H14N2O2S/c1-8-6-7-11(18-8)9(2)14-12-5-3-4-10(15-12)13(16)17/h3-7,9H,1-2H3,(H,14,15)(H,16,17). The van der Waals surface area contributed by atoms with Gasteiger partial charge in [-0.2, -0.15) is 0 Å². The third-order valence-electron chi connectivity index (χ3n) is 2.52. The molecule has 0 fully saturated rings. The number of anilines is 1. The number of nitrogens with zero attached hydrogens (tertiary/aromatic N) is 1. The van der Waals surface area contributed by atoms with E-state index >= 15 is 0 Å². The molecule has 1 unspecified atom stereocenters. The summed E-state index contributed by atoms with van der Waals surface area (Å²) in [6.45, 7) is 4.09. The first-order valence-electron chi connectivity index (χ1n) is 5.59. The molecule has 0 spiro atoms. The lowest BCUT2D eigenvalue weighted by Crippen LogP contribution is -2.08. The molecule has 0 amide bonds. The van der Waals surface area contributed by atoms with Crippen molar-refractivity contribution in [1.29, 1.82) is 0 Å². The van der Waals surface area contributed by atoms with E-state index in [0.717, 1.165) is 0 Å². The molecule has 2 N–H and O–H groups in total. The van der Waals surface area contributed by atoms with Gasteiger partial charge in [0, 0.05) is 9.75 Å². The zero-order valence-corrected chi connectivity index (χ0v) is 11.0. The predicted octanol–water partition coefficient (Wildman–Crippen LogP) is 3.32. The molecular formula is C13H14N2O2S. The molecule has 5 heteroatoms. The highest BCUT2D eigenvalue weighted by molar-refractivity contribution is 7.12. The van der Waals surface area contributed by atoms with Crippen LogP contribution in [0.15, 0.2) is 30.3 Å². The number of rotatable bonds is 4. The summed E-state index contributed by atoms with van der Waals surface area (Å²) in [5.41, 5.74) is 0.0505. The minimum atomic E-state index is -1.02. The van der Waals surface area contributed by atoms with E-state index in [2.05, 4.69) is 29.4 Å². The van der Waals surface area contributed by atoms with Crippen LogP contribution >= 0.6 is 11.3 Å². The Bertz CT molecular complexity index is 566. The van der Waals surface area contributed by atoms with E-state index in [0.29, 0.717) is 5.82 Å². The molecule has 2 aromatic heterocycles. The number of aromatic nitrogens is 1. The number of hydrogen-bond donors (Lipinski definition) is 2. The highest BCUT2D eigenvalue weighted by Crippen LogP contribution is 2.25. The second-order valence-corrected chi connectivity index (χ2v) is 5.35. The van der Waals surface area contributed by atoms with Crippen molar-refractivity contribution in [3.63, 3.8) is 0 Å². The Hall–Kier alpha value is -1.88. The molecule has 0 aromatic carbocycles. The van der Waals surface area contributed by atoms with E-state index < -0.39 is 5.97 Å². The number of hydrogen-bond acceptors (Lipinski definition) is 4. The Balaban J connectivity index is 2.14. The van der Waals surface area contributed by atoms with Crippen molar-refractivity contribution in [2.45, 2.75) is 19.9 Å². The first kappa shape index (κ1) is 12.6. The second-order valence-electron chi connectivity index (χ2n) is 4.03. The number of nitrogens with one attached hydrogen (secondary N) is 1. The average molecular weight is 262 g/mol. The van der Waals surface area contributed by atoms with Crippen molar-refractivity contribution in [2.24, 2.45) is 0 Å². The highest BCUT2D eigenvalue weighted by atomic mass is 32.1. The SMILES string of the molecule is Cc1ccc(C(C)Nc2cccc(C(=O)O)n2)s1. The molecule has 0 aliphatic rings. The molecule has 0 radical (unpaired) electrons. The Kier molecular flexibility index (Phi) is 3.62. The minimum absolute atomic E-state index is 0.0505. The zero-order valence-electron chi connectivity index (χ0n) is 10.2. The van der Waals surface area contributed by atoms with Gasteiger partial charge in [0.2, 0.25) is 0 Å². The van der Waals surface area contributed by atoms with Gasteiger partial charge in [-0.05, 0) is 38.1 Å². The summed E-state index contributed by atoms with van der Waals surface area (Å²) in [6.07, 6.45) is 0. The molecule has 0 saturated carbocycles. The van der Waals surface area contributed by atoms with E-state index in [1.165, 1.54) is 15.8 Å². The van der Waals surface area contributed by atoms with Crippen molar-refractivity contribution >= 4 is 23.1 Å². The van der Waals surface area contributed by atoms with Gasteiger partial charge in [0.25, 0.3) is 0 Å². The van der Waals surface area contributed by atoms with Crippen molar-refractivity contribution in [1.82, 2.24) is 4.98 Å². The quantitative estimate of drug-likeness (QED) is 0.887. The largest absolute Gasteiger partial charge is 0.477 e. The minimum Gasteiger partial charge on any atom is -0.477 e. The molecule has 94 valence electrons. The summed E-state index contributed by atoms with van der Waals surface area (Å²) in [4.78, 5) is 17.3. The van der Waals surface area contributed by atoms with E-state index in [4.69, 9.17) is 5.11 Å². The lowest BCUT2D eigenvalue weighted by atomic mass is 10.2.